The zero-order chi connectivity index (χ0) is 23.8. The second kappa shape index (κ2) is 12.5. The van der Waals surface area contributed by atoms with Gasteiger partial charge in [0.25, 0.3) is 0 Å². The molecule has 6 heteroatoms. The lowest BCUT2D eigenvalue weighted by Gasteiger charge is -2.21. The Hall–Kier alpha value is -1.92. The van der Waals surface area contributed by atoms with E-state index in [2.05, 4.69) is 55.7 Å². The Morgan fingerprint density at radius 1 is 1.03 bits per heavy atom. The van der Waals surface area contributed by atoms with Crippen molar-refractivity contribution in [3.05, 3.63) is 51.4 Å². The highest BCUT2D eigenvalue weighted by molar-refractivity contribution is 7.80. The number of rotatable bonds is 8. The number of anilines is 1. The van der Waals surface area contributed by atoms with Crippen LogP contribution in [-0.2, 0) is 17.6 Å². The maximum Gasteiger partial charge on any atom is 0.341 e. The van der Waals surface area contributed by atoms with Crippen LogP contribution in [0.1, 0.15) is 110 Å². The molecule has 1 aromatic carbocycles. The number of esters is 1. The van der Waals surface area contributed by atoms with E-state index in [-0.39, 0.29) is 12.0 Å². The molecule has 33 heavy (non-hydrogen) atoms. The summed E-state index contributed by atoms with van der Waals surface area (Å²) in [6.07, 6.45) is 8.76. The van der Waals surface area contributed by atoms with E-state index in [1.807, 2.05) is 6.92 Å². The summed E-state index contributed by atoms with van der Waals surface area (Å²) in [6, 6.07) is 8.96. The lowest BCUT2D eigenvalue weighted by Crippen LogP contribution is -2.32. The summed E-state index contributed by atoms with van der Waals surface area (Å²) in [6.45, 7) is 8.86. The van der Waals surface area contributed by atoms with E-state index in [9.17, 15) is 4.79 Å². The van der Waals surface area contributed by atoms with Crippen LogP contribution in [0.4, 0.5) is 5.00 Å². The number of hydrogen-bond acceptors (Lipinski definition) is 4. The van der Waals surface area contributed by atoms with Gasteiger partial charge in [-0.25, -0.2) is 4.79 Å². The van der Waals surface area contributed by atoms with Crippen molar-refractivity contribution < 1.29 is 9.53 Å². The molecule has 3 rings (SSSR count). The van der Waals surface area contributed by atoms with E-state index in [0.717, 1.165) is 42.7 Å². The van der Waals surface area contributed by atoms with Crippen LogP contribution in [0.5, 0.6) is 0 Å². The maximum absolute atomic E-state index is 12.9. The summed E-state index contributed by atoms with van der Waals surface area (Å²) in [7, 11) is 0. The molecule has 2 unspecified atom stereocenters. The van der Waals surface area contributed by atoms with Gasteiger partial charge >= 0.3 is 5.97 Å². The number of nitrogens with one attached hydrogen (secondary N) is 2. The highest BCUT2D eigenvalue weighted by atomic mass is 32.1. The highest BCUT2D eigenvalue weighted by Crippen LogP contribution is 2.37. The molecule has 2 aromatic rings. The Balaban J connectivity index is 1.78. The molecule has 0 amide bonds. The molecule has 0 fully saturated rings. The third-order valence-corrected chi connectivity index (χ3v) is 8.04. The number of hydrogen-bond donors (Lipinski definition) is 2. The van der Waals surface area contributed by atoms with Gasteiger partial charge in [0, 0.05) is 4.88 Å². The molecule has 1 aliphatic carbocycles. The summed E-state index contributed by atoms with van der Waals surface area (Å²) < 4.78 is 5.42. The van der Waals surface area contributed by atoms with Gasteiger partial charge in [0.1, 0.15) is 5.00 Å². The Morgan fingerprint density at radius 2 is 1.70 bits per heavy atom. The van der Waals surface area contributed by atoms with Crippen molar-refractivity contribution in [1.82, 2.24) is 5.32 Å². The lowest BCUT2D eigenvalue weighted by atomic mass is 9.95. The Morgan fingerprint density at radius 3 is 2.33 bits per heavy atom. The average Bonchev–Trinajstić information content (AvgIpc) is 3.12. The first-order valence-corrected chi connectivity index (χ1v) is 13.7. The summed E-state index contributed by atoms with van der Waals surface area (Å²) in [5, 5.41) is 8.20. The van der Waals surface area contributed by atoms with Crippen LogP contribution in [0.25, 0.3) is 0 Å². The topological polar surface area (TPSA) is 50.4 Å². The number of ether oxygens (including phenoxy) is 1. The molecule has 1 aliphatic rings. The van der Waals surface area contributed by atoms with E-state index in [1.165, 1.54) is 35.3 Å². The van der Waals surface area contributed by atoms with Gasteiger partial charge in [0.05, 0.1) is 18.2 Å². The van der Waals surface area contributed by atoms with Gasteiger partial charge in [0.2, 0.25) is 0 Å². The SMILES string of the molecule is CCOC(=O)c1c(NC(=S)NC(CC)c2ccc(C(C)CC)cc2)sc2c1CCCCCC2. The summed E-state index contributed by atoms with van der Waals surface area (Å²) in [5.74, 6) is 0.322. The van der Waals surface area contributed by atoms with Crippen molar-refractivity contribution in [2.75, 3.05) is 11.9 Å². The minimum Gasteiger partial charge on any atom is -0.462 e. The van der Waals surface area contributed by atoms with Crippen LogP contribution in [-0.4, -0.2) is 17.7 Å². The molecule has 180 valence electrons. The van der Waals surface area contributed by atoms with E-state index in [4.69, 9.17) is 17.0 Å². The van der Waals surface area contributed by atoms with Crippen molar-refractivity contribution >= 4 is 39.6 Å². The lowest BCUT2D eigenvalue weighted by molar-refractivity contribution is 0.0526. The van der Waals surface area contributed by atoms with Gasteiger partial charge in [-0.2, -0.15) is 0 Å². The summed E-state index contributed by atoms with van der Waals surface area (Å²) in [4.78, 5) is 14.2. The molecule has 4 nitrogen and oxygen atoms in total. The second-order valence-electron chi connectivity index (χ2n) is 8.88. The Bertz CT molecular complexity index is 936. The van der Waals surface area contributed by atoms with Gasteiger partial charge in [-0.05, 0) is 80.3 Å². The fourth-order valence-electron chi connectivity index (χ4n) is 4.44. The number of carbonyl (C=O) groups excluding carboxylic acids is 1. The molecule has 0 spiro atoms. The maximum atomic E-state index is 12.9. The molecule has 1 aromatic heterocycles. The first-order chi connectivity index (χ1) is 16.0. The van der Waals surface area contributed by atoms with Crippen LogP contribution in [0.2, 0.25) is 0 Å². The van der Waals surface area contributed by atoms with Crippen LogP contribution in [0.15, 0.2) is 24.3 Å². The van der Waals surface area contributed by atoms with Gasteiger partial charge < -0.3 is 15.4 Å². The molecular formula is C27H38N2O2S2. The molecule has 0 bridgehead atoms. The van der Waals surface area contributed by atoms with Crippen molar-refractivity contribution in [1.29, 1.82) is 0 Å². The van der Waals surface area contributed by atoms with Gasteiger partial charge in [-0.15, -0.1) is 11.3 Å². The van der Waals surface area contributed by atoms with Crippen molar-refractivity contribution in [2.24, 2.45) is 0 Å². The van der Waals surface area contributed by atoms with Crippen LogP contribution in [0, 0.1) is 0 Å². The number of thiophene rings is 1. The van der Waals surface area contributed by atoms with Crippen molar-refractivity contribution in [2.45, 2.75) is 91.0 Å². The normalized spacial score (nSPS) is 15.5. The fourth-order valence-corrected chi connectivity index (χ4v) is 6.03. The van der Waals surface area contributed by atoms with Crippen LogP contribution in [0.3, 0.4) is 0 Å². The first kappa shape index (κ1) is 25.7. The fraction of sp³-hybridized carbons (Fsp3) is 0.556. The second-order valence-corrected chi connectivity index (χ2v) is 10.4. The minimum absolute atomic E-state index is 0.114. The van der Waals surface area contributed by atoms with Crippen LogP contribution < -0.4 is 10.6 Å². The smallest absolute Gasteiger partial charge is 0.341 e. The summed E-state index contributed by atoms with van der Waals surface area (Å²) in [5.41, 5.74) is 4.44. The van der Waals surface area contributed by atoms with Gasteiger partial charge in [-0.3, -0.25) is 0 Å². The minimum atomic E-state index is -0.242. The zero-order valence-electron chi connectivity index (χ0n) is 20.5. The van der Waals surface area contributed by atoms with E-state index < -0.39 is 0 Å². The number of carbonyl (C=O) groups is 1. The molecule has 2 atom stereocenters. The van der Waals surface area contributed by atoms with E-state index in [0.29, 0.717) is 23.2 Å². The molecular weight excluding hydrogens is 448 g/mol. The van der Waals surface area contributed by atoms with E-state index in [1.54, 1.807) is 11.3 Å². The standard InChI is InChI=1S/C27H38N2O2S2/c1-5-18(4)19-14-16-20(17-15-19)22(6-2)28-27(32)29-25-24(26(30)31-7-3)21-12-10-8-9-11-13-23(21)33-25/h14-18,22H,5-13H2,1-4H3,(H2,28,29,32). The largest absolute Gasteiger partial charge is 0.462 e. The predicted octanol–water partition coefficient (Wildman–Crippen LogP) is 7.54. The molecule has 0 saturated carbocycles. The van der Waals surface area contributed by atoms with Gasteiger partial charge in [-0.1, -0.05) is 57.9 Å². The van der Waals surface area contributed by atoms with Crippen LogP contribution >= 0.6 is 23.6 Å². The molecule has 0 saturated heterocycles. The summed E-state index contributed by atoms with van der Waals surface area (Å²) >= 11 is 7.37. The Labute approximate surface area is 208 Å². The molecule has 1 heterocycles. The molecule has 2 N–H and O–H groups in total. The number of benzene rings is 1. The Kier molecular flexibility index (Phi) is 9.75. The highest BCUT2D eigenvalue weighted by Gasteiger charge is 2.26. The zero-order valence-corrected chi connectivity index (χ0v) is 22.1. The van der Waals surface area contributed by atoms with E-state index >= 15 is 0 Å². The molecule has 0 radical (unpaired) electrons. The predicted molar refractivity (Wildman–Crippen MR) is 144 cm³/mol. The average molecular weight is 487 g/mol. The molecule has 0 aliphatic heterocycles. The van der Waals surface area contributed by atoms with Gasteiger partial charge in [0.15, 0.2) is 5.11 Å². The quantitative estimate of drug-likeness (QED) is 0.298. The number of thiocarbonyl (C=S) groups is 1. The third-order valence-electron chi connectivity index (χ3n) is 6.61. The third kappa shape index (κ3) is 6.57. The number of aryl methyl sites for hydroxylation is 1. The van der Waals surface area contributed by atoms with Crippen molar-refractivity contribution in [3.63, 3.8) is 0 Å². The number of fused-ring (bicyclic) bond motifs is 1. The first-order valence-electron chi connectivity index (χ1n) is 12.5. The monoisotopic (exact) mass is 486 g/mol. The van der Waals surface area contributed by atoms with Crippen molar-refractivity contribution in [3.8, 4) is 0 Å².